The van der Waals surface area contributed by atoms with Crippen molar-refractivity contribution < 1.29 is 14.3 Å². The molecule has 0 aliphatic rings. The van der Waals surface area contributed by atoms with Crippen LogP contribution in [-0.4, -0.2) is 25.2 Å². The quantitative estimate of drug-likeness (QED) is 0.890. The number of pyridine rings is 1. The van der Waals surface area contributed by atoms with E-state index in [0.717, 1.165) is 11.3 Å². The zero-order valence-electron chi connectivity index (χ0n) is 12.8. The standard InChI is InChI=1S/C16H19N3O3/c1-11-13(5-4-8-17-11)19-16(20)18-10-12-6-7-14(21-2)15(9-12)22-3/h4-9H,10H2,1-3H3,(H2,18,19,20). The zero-order valence-corrected chi connectivity index (χ0v) is 12.8. The molecule has 0 fully saturated rings. The van der Waals surface area contributed by atoms with Gasteiger partial charge >= 0.3 is 6.03 Å². The van der Waals surface area contributed by atoms with E-state index in [2.05, 4.69) is 15.6 Å². The van der Waals surface area contributed by atoms with Gasteiger partial charge in [0.2, 0.25) is 0 Å². The van der Waals surface area contributed by atoms with Crippen LogP contribution in [0.15, 0.2) is 36.5 Å². The van der Waals surface area contributed by atoms with Crippen LogP contribution >= 0.6 is 0 Å². The highest BCUT2D eigenvalue weighted by atomic mass is 16.5. The fraction of sp³-hybridized carbons (Fsp3) is 0.250. The van der Waals surface area contributed by atoms with Gasteiger partial charge in [0.1, 0.15) is 0 Å². The summed E-state index contributed by atoms with van der Waals surface area (Å²) in [6.07, 6.45) is 1.68. The number of ether oxygens (including phenoxy) is 2. The Kier molecular flexibility index (Phi) is 5.19. The number of benzene rings is 1. The number of aryl methyl sites for hydroxylation is 1. The number of carbonyl (C=O) groups excluding carboxylic acids is 1. The van der Waals surface area contributed by atoms with E-state index in [0.29, 0.717) is 23.7 Å². The van der Waals surface area contributed by atoms with Crippen LogP contribution in [0.2, 0.25) is 0 Å². The fourth-order valence-electron chi connectivity index (χ4n) is 1.96. The molecule has 22 heavy (non-hydrogen) atoms. The molecule has 2 amide bonds. The first-order chi connectivity index (χ1) is 10.6. The van der Waals surface area contributed by atoms with Crippen molar-refractivity contribution >= 4 is 11.7 Å². The topological polar surface area (TPSA) is 72.5 Å². The predicted octanol–water partition coefficient (Wildman–Crippen LogP) is 2.73. The second-order valence-electron chi connectivity index (χ2n) is 4.63. The molecule has 1 heterocycles. The SMILES string of the molecule is COc1ccc(CNC(=O)Nc2cccnc2C)cc1OC. The van der Waals surface area contributed by atoms with Crippen molar-refractivity contribution in [2.45, 2.75) is 13.5 Å². The highest BCUT2D eigenvalue weighted by Gasteiger charge is 2.07. The molecule has 116 valence electrons. The first-order valence-electron chi connectivity index (χ1n) is 6.81. The average molecular weight is 301 g/mol. The van der Waals surface area contributed by atoms with Gasteiger partial charge in [0.25, 0.3) is 0 Å². The smallest absolute Gasteiger partial charge is 0.319 e. The Morgan fingerprint density at radius 2 is 1.95 bits per heavy atom. The van der Waals surface area contributed by atoms with Gasteiger partial charge in [-0.25, -0.2) is 4.79 Å². The Balaban J connectivity index is 1.95. The summed E-state index contributed by atoms with van der Waals surface area (Å²) < 4.78 is 10.4. The monoisotopic (exact) mass is 301 g/mol. The number of rotatable bonds is 5. The lowest BCUT2D eigenvalue weighted by Gasteiger charge is -2.11. The summed E-state index contributed by atoms with van der Waals surface area (Å²) in [5, 5.41) is 5.55. The van der Waals surface area contributed by atoms with Crippen molar-refractivity contribution in [2.75, 3.05) is 19.5 Å². The van der Waals surface area contributed by atoms with Gasteiger partial charge in [0, 0.05) is 12.7 Å². The predicted molar refractivity (Wildman–Crippen MR) is 84.4 cm³/mol. The molecule has 1 aromatic heterocycles. The molecule has 0 bridgehead atoms. The fourth-order valence-corrected chi connectivity index (χ4v) is 1.96. The molecule has 0 atom stereocenters. The minimum absolute atomic E-state index is 0.286. The molecule has 2 aromatic rings. The lowest BCUT2D eigenvalue weighted by Crippen LogP contribution is -2.28. The van der Waals surface area contributed by atoms with Crippen molar-refractivity contribution in [2.24, 2.45) is 0 Å². The van der Waals surface area contributed by atoms with Crippen LogP contribution in [0.4, 0.5) is 10.5 Å². The number of nitrogens with zero attached hydrogens (tertiary/aromatic N) is 1. The molecule has 0 spiro atoms. The van der Waals surface area contributed by atoms with Crippen LogP contribution in [-0.2, 0) is 6.54 Å². The second-order valence-corrected chi connectivity index (χ2v) is 4.63. The van der Waals surface area contributed by atoms with Crippen LogP contribution in [0.3, 0.4) is 0 Å². The number of carbonyl (C=O) groups is 1. The van der Waals surface area contributed by atoms with Crippen LogP contribution in [0.1, 0.15) is 11.3 Å². The Hall–Kier alpha value is -2.76. The molecule has 0 radical (unpaired) electrons. The number of amides is 2. The maximum absolute atomic E-state index is 11.9. The average Bonchev–Trinajstić information content (AvgIpc) is 2.54. The maximum atomic E-state index is 11.9. The minimum Gasteiger partial charge on any atom is -0.493 e. The number of hydrogen-bond donors (Lipinski definition) is 2. The van der Waals surface area contributed by atoms with E-state index < -0.39 is 0 Å². The van der Waals surface area contributed by atoms with E-state index in [1.807, 2.05) is 19.1 Å². The highest BCUT2D eigenvalue weighted by Crippen LogP contribution is 2.27. The maximum Gasteiger partial charge on any atom is 0.319 e. The largest absolute Gasteiger partial charge is 0.493 e. The van der Waals surface area contributed by atoms with Gasteiger partial charge in [0.15, 0.2) is 11.5 Å². The summed E-state index contributed by atoms with van der Waals surface area (Å²) in [6.45, 7) is 2.22. The Labute approximate surface area is 129 Å². The normalized spacial score (nSPS) is 9.95. The molecule has 0 aliphatic heterocycles. The van der Waals surface area contributed by atoms with Crippen molar-refractivity contribution in [3.05, 3.63) is 47.8 Å². The van der Waals surface area contributed by atoms with Crippen molar-refractivity contribution in [3.8, 4) is 11.5 Å². The molecule has 2 rings (SSSR count). The Morgan fingerprint density at radius 3 is 2.64 bits per heavy atom. The summed E-state index contributed by atoms with van der Waals surface area (Å²) >= 11 is 0. The minimum atomic E-state index is -0.286. The van der Waals surface area contributed by atoms with E-state index in [-0.39, 0.29) is 6.03 Å². The summed E-state index contributed by atoms with van der Waals surface area (Å²) in [5.74, 6) is 1.28. The van der Waals surface area contributed by atoms with Gasteiger partial charge in [0.05, 0.1) is 25.6 Å². The third kappa shape index (κ3) is 3.88. The van der Waals surface area contributed by atoms with Gasteiger partial charge in [-0.3, -0.25) is 4.98 Å². The number of urea groups is 1. The molecule has 0 aliphatic carbocycles. The van der Waals surface area contributed by atoms with Gasteiger partial charge < -0.3 is 20.1 Å². The van der Waals surface area contributed by atoms with Crippen LogP contribution < -0.4 is 20.1 Å². The molecule has 0 saturated carbocycles. The van der Waals surface area contributed by atoms with Crippen molar-refractivity contribution in [3.63, 3.8) is 0 Å². The van der Waals surface area contributed by atoms with Crippen LogP contribution in [0.5, 0.6) is 11.5 Å². The highest BCUT2D eigenvalue weighted by molar-refractivity contribution is 5.89. The Bertz CT molecular complexity index is 659. The van der Waals surface area contributed by atoms with Crippen LogP contribution in [0.25, 0.3) is 0 Å². The van der Waals surface area contributed by atoms with Gasteiger partial charge in [-0.15, -0.1) is 0 Å². The van der Waals surface area contributed by atoms with E-state index in [1.54, 1.807) is 38.6 Å². The van der Waals surface area contributed by atoms with Gasteiger partial charge in [-0.2, -0.15) is 0 Å². The lowest BCUT2D eigenvalue weighted by atomic mass is 10.2. The van der Waals surface area contributed by atoms with E-state index in [4.69, 9.17) is 9.47 Å². The summed E-state index contributed by atoms with van der Waals surface area (Å²) in [7, 11) is 3.16. The molecule has 1 aromatic carbocycles. The van der Waals surface area contributed by atoms with Crippen LogP contribution in [0, 0.1) is 6.92 Å². The molecule has 0 saturated heterocycles. The van der Waals surface area contributed by atoms with E-state index in [9.17, 15) is 4.79 Å². The number of aromatic nitrogens is 1. The number of anilines is 1. The Morgan fingerprint density at radius 1 is 1.18 bits per heavy atom. The van der Waals surface area contributed by atoms with E-state index >= 15 is 0 Å². The van der Waals surface area contributed by atoms with E-state index in [1.165, 1.54) is 0 Å². The van der Waals surface area contributed by atoms with Crippen molar-refractivity contribution in [1.29, 1.82) is 0 Å². The zero-order chi connectivity index (χ0) is 15.9. The summed E-state index contributed by atoms with van der Waals surface area (Å²) in [4.78, 5) is 16.0. The first kappa shape index (κ1) is 15.6. The number of nitrogens with one attached hydrogen (secondary N) is 2. The number of hydrogen-bond acceptors (Lipinski definition) is 4. The lowest BCUT2D eigenvalue weighted by molar-refractivity contribution is 0.251. The molecule has 6 nitrogen and oxygen atoms in total. The third-order valence-electron chi connectivity index (χ3n) is 3.16. The summed E-state index contributed by atoms with van der Waals surface area (Å²) in [5.41, 5.74) is 2.37. The number of methoxy groups -OCH3 is 2. The third-order valence-corrected chi connectivity index (χ3v) is 3.16. The molecular formula is C16H19N3O3. The second kappa shape index (κ2) is 7.31. The molecular weight excluding hydrogens is 282 g/mol. The van der Waals surface area contributed by atoms with Gasteiger partial charge in [-0.1, -0.05) is 6.07 Å². The first-order valence-corrected chi connectivity index (χ1v) is 6.81. The van der Waals surface area contributed by atoms with Crippen molar-refractivity contribution in [1.82, 2.24) is 10.3 Å². The molecule has 2 N–H and O–H groups in total. The molecule has 6 heteroatoms. The molecule has 0 unspecified atom stereocenters. The van der Waals surface area contributed by atoms with Gasteiger partial charge in [-0.05, 0) is 36.8 Å². The summed E-state index contributed by atoms with van der Waals surface area (Å²) in [6, 6.07) is 8.80.